The molecule has 0 aliphatic heterocycles. The summed E-state index contributed by atoms with van der Waals surface area (Å²) >= 11 is 1.80. The van der Waals surface area contributed by atoms with Crippen LogP contribution in [0.2, 0.25) is 0 Å². The molecular weight excluding hydrogens is 168 g/mol. The van der Waals surface area contributed by atoms with Crippen LogP contribution in [0.1, 0.15) is 41.3 Å². The van der Waals surface area contributed by atoms with Crippen LogP contribution in [-0.4, -0.2) is 4.98 Å². The molecule has 0 saturated carbocycles. The number of thiazole rings is 1. The molecule has 1 aromatic heterocycles. The predicted octanol–water partition coefficient (Wildman–Crippen LogP) is 2.04. The fraction of sp³-hybridized carbons (Fsp3) is 0.667. The minimum atomic E-state index is 0.602. The Bertz CT molecular complexity index is 280. The van der Waals surface area contributed by atoms with E-state index < -0.39 is 0 Å². The summed E-state index contributed by atoms with van der Waals surface area (Å²) in [5.41, 5.74) is 6.88. The number of fused-ring (bicyclic) bond motifs is 1. The zero-order chi connectivity index (χ0) is 8.55. The number of aryl methyl sites for hydroxylation is 1. The Kier molecular flexibility index (Phi) is 2.15. The number of hydrogen-bond acceptors (Lipinski definition) is 3. The average molecular weight is 182 g/mol. The van der Waals surface area contributed by atoms with Gasteiger partial charge in [0.25, 0.3) is 0 Å². The lowest BCUT2D eigenvalue weighted by Gasteiger charge is -2.15. The summed E-state index contributed by atoms with van der Waals surface area (Å²) in [5.74, 6) is 0.658. The van der Waals surface area contributed by atoms with E-state index in [2.05, 4.69) is 11.9 Å². The van der Waals surface area contributed by atoms with Crippen molar-refractivity contribution in [3.05, 3.63) is 15.6 Å². The van der Waals surface area contributed by atoms with E-state index in [1.54, 1.807) is 11.3 Å². The van der Waals surface area contributed by atoms with Gasteiger partial charge in [0.2, 0.25) is 0 Å². The first kappa shape index (κ1) is 8.20. The van der Waals surface area contributed by atoms with Gasteiger partial charge in [0.1, 0.15) is 5.01 Å². The third-order valence-corrected chi connectivity index (χ3v) is 3.61. The Labute approximate surface area is 76.8 Å². The van der Waals surface area contributed by atoms with Crippen molar-refractivity contribution in [1.29, 1.82) is 0 Å². The number of nitrogens with zero attached hydrogens (tertiary/aromatic N) is 1. The third kappa shape index (κ3) is 1.27. The van der Waals surface area contributed by atoms with Crippen LogP contribution in [0.5, 0.6) is 0 Å². The lowest BCUT2D eigenvalue weighted by Crippen LogP contribution is -2.05. The van der Waals surface area contributed by atoms with Gasteiger partial charge in [0, 0.05) is 11.4 Å². The second-order valence-electron chi connectivity index (χ2n) is 3.41. The SMILES string of the molecule is CC1CCCc2sc(CN)nc21. The maximum atomic E-state index is 5.56. The summed E-state index contributed by atoms with van der Waals surface area (Å²) in [5, 5.41) is 1.11. The molecule has 66 valence electrons. The van der Waals surface area contributed by atoms with Crippen molar-refractivity contribution in [3.63, 3.8) is 0 Å². The van der Waals surface area contributed by atoms with Crippen molar-refractivity contribution in [2.45, 2.75) is 38.6 Å². The zero-order valence-electron chi connectivity index (χ0n) is 7.34. The van der Waals surface area contributed by atoms with Crippen LogP contribution >= 0.6 is 11.3 Å². The molecule has 1 aliphatic carbocycles. The fourth-order valence-electron chi connectivity index (χ4n) is 1.77. The van der Waals surface area contributed by atoms with E-state index in [4.69, 9.17) is 5.73 Å². The number of nitrogens with two attached hydrogens (primary N) is 1. The summed E-state index contributed by atoms with van der Waals surface area (Å²) in [6, 6.07) is 0. The minimum absolute atomic E-state index is 0.602. The van der Waals surface area contributed by atoms with E-state index in [0.717, 1.165) is 5.01 Å². The zero-order valence-corrected chi connectivity index (χ0v) is 8.16. The fourth-order valence-corrected chi connectivity index (χ4v) is 2.88. The lowest BCUT2D eigenvalue weighted by molar-refractivity contribution is 0.582. The van der Waals surface area contributed by atoms with Gasteiger partial charge in [-0.15, -0.1) is 11.3 Å². The molecule has 1 atom stereocenters. The highest BCUT2D eigenvalue weighted by atomic mass is 32.1. The molecule has 2 nitrogen and oxygen atoms in total. The summed E-state index contributed by atoms with van der Waals surface area (Å²) in [7, 11) is 0. The molecule has 12 heavy (non-hydrogen) atoms. The molecule has 1 unspecified atom stereocenters. The topological polar surface area (TPSA) is 38.9 Å². The van der Waals surface area contributed by atoms with Gasteiger partial charge in [-0.05, 0) is 25.2 Å². The van der Waals surface area contributed by atoms with E-state index in [-0.39, 0.29) is 0 Å². The Morgan fingerprint density at radius 1 is 1.67 bits per heavy atom. The Hall–Kier alpha value is -0.410. The molecule has 0 fully saturated rings. The molecule has 1 heterocycles. The van der Waals surface area contributed by atoms with E-state index in [1.165, 1.54) is 29.8 Å². The first-order chi connectivity index (χ1) is 5.81. The highest BCUT2D eigenvalue weighted by Crippen LogP contribution is 2.33. The van der Waals surface area contributed by atoms with Crippen LogP contribution < -0.4 is 5.73 Å². The number of hydrogen-bond donors (Lipinski definition) is 1. The van der Waals surface area contributed by atoms with Crippen LogP contribution in [0.25, 0.3) is 0 Å². The molecule has 0 amide bonds. The van der Waals surface area contributed by atoms with Crippen molar-refractivity contribution in [1.82, 2.24) is 4.98 Å². The van der Waals surface area contributed by atoms with Crippen LogP contribution in [0.4, 0.5) is 0 Å². The molecule has 2 rings (SSSR count). The summed E-state index contributed by atoms with van der Waals surface area (Å²) < 4.78 is 0. The van der Waals surface area contributed by atoms with Crippen LogP contribution in [0, 0.1) is 0 Å². The minimum Gasteiger partial charge on any atom is -0.325 e. The Morgan fingerprint density at radius 2 is 2.50 bits per heavy atom. The van der Waals surface area contributed by atoms with Gasteiger partial charge >= 0.3 is 0 Å². The molecule has 1 aliphatic rings. The van der Waals surface area contributed by atoms with E-state index in [9.17, 15) is 0 Å². The van der Waals surface area contributed by atoms with Crippen LogP contribution in [-0.2, 0) is 13.0 Å². The molecule has 0 saturated heterocycles. The van der Waals surface area contributed by atoms with Crippen molar-refractivity contribution < 1.29 is 0 Å². The summed E-state index contributed by atoms with van der Waals surface area (Å²) in [6.45, 7) is 2.86. The number of aromatic nitrogens is 1. The van der Waals surface area contributed by atoms with Crippen molar-refractivity contribution in [2.75, 3.05) is 0 Å². The highest BCUT2D eigenvalue weighted by Gasteiger charge is 2.20. The van der Waals surface area contributed by atoms with Gasteiger partial charge in [0.15, 0.2) is 0 Å². The van der Waals surface area contributed by atoms with Crippen molar-refractivity contribution in [2.24, 2.45) is 5.73 Å². The lowest BCUT2D eigenvalue weighted by atomic mass is 9.93. The van der Waals surface area contributed by atoms with Crippen molar-refractivity contribution >= 4 is 11.3 Å². The maximum Gasteiger partial charge on any atom is 0.107 e. The molecule has 1 aromatic rings. The normalized spacial score (nSPS) is 22.3. The van der Waals surface area contributed by atoms with Gasteiger partial charge in [-0.2, -0.15) is 0 Å². The molecule has 0 bridgehead atoms. The summed E-state index contributed by atoms with van der Waals surface area (Å²) in [4.78, 5) is 6.02. The van der Waals surface area contributed by atoms with Crippen LogP contribution in [0.15, 0.2) is 0 Å². The van der Waals surface area contributed by atoms with Gasteiger partial charge in [0.05, 0.1) is 5.69 Å². The monoisotopic (exact) mass is 182 g/mol. The molecule has 2 N–H and O–H groups in total. The van der Waals surface area contributed by atoms with Gasteiger partial charge < -0.3 is 5.73 Å². The van der Waals surface area contributed by atoms with Crippen molar-refractivity contribution in [3.8, 4) is 0 Å². The smallest absolute Gasteiger partial charge is 0.107 e. The first-order valence-corrected chi connectivity index (χ1v) is 5.31. The highest BCUT2D eigenvalue weighted by molar-refractivity contribution is 7.11. The standard InChI is InChI=1S/C9H14N2S/c1-6-3-2-4-7-9(6)11-8(5-10)12-7/h6H,2-5,10H2,1H3. The van der Waals surface area contributed by atoms with Crippen LogP contribution in [0.3, 0.4) is 0 Å². The molecule has 0 aromatic carbocycles. The molecular formula is C9H14N2S. The maximum absolute atomic E-state index is 5.56. The average Bonchev–Trinajstić information content (AvgIpc) is 2.49. The second-order valence-corrected chi connectivity index (χ2v) is 4.58. The largest absolute Gasteiger partial charge is 0.325 e. The van der Waals surface area contributed by atoms with Gasteiger partial charge in [-0.1, -0.05) is 6.92 Å². The van der Waals surface area contributed by atoms with E-state index in [1.807, 2.05) is 0 Å². The summed E-state index contributed by atoms with van der Waals surface area (Å²) in [6.07, 6.45) is 3.83. The Morgan fingerprint density at radius 3 is 3.17 bits per heavy atom. The Balaban J connectivity index is 2.37. The first-order valence-electron chi connectivity index (χ1n) is 4.50. The van der Waals surface area contributed by atoms with E-state index in [0.29, 0.717) is 12.5 Å². The van der Waals surface area contributed by atoms with Gasteiger partial charge in [-0.3, -0.25) is 0 Å². The molecule has 3 heteroatoms. The number of rotatable bonds is 1. The predicted molar refractivity (Wildman–Crippen MR) is 51.4 cm³/mol. The second kappa shape index (κ2) is 3.15. The quantitative estimate of drug-likeness (QED) is 0.722. The molecule has 0 spiro atoms. The van der Waals surface area contributed by atoms with E-state index >= 15 is 0 Å². The third-order valence-electron chi connectivity index (χ3n) is 2.45. The van der Waals surface area contributed by atoms with Gasteiger partial charge in [-0.25, -0.2) is 4.98 Å². The molecule has 0 radical (unpaired) electrons.